The lowest BCUT2D eigenvalue weighted by atomic mass is 9.87. The molecular formula is C52H45F2N5O. The third-order valence-electron chi connectivity index (χ3n) is 11.5. The fourth-order valence-corrected chi connectivity index (χ4v) is 8.69. The lowest BCUT2D eigenvalue weighted by molar-refractivity contribution is 0.483. The molecule has 8 heteroatoms. The van der Waals surface area contributed by atoms with E-state index in [1.54, 1.807) is 6.07 Å². The van der Waals surface area contributed by atoms with Crippen molar-refractivity contribution in [1.82, 2.24) is 9.55 Å². The van der Waals surface area contributed by atoms with Crippen molar-refractivity contribution in [2.24, 2.45) is 0 Å². The molecule has 6 aromatic carbocycles. The van der Waals surface area contributed by atoms with Gasteiger partial charge in [0.15, 0.2) is 5.69 Å². The highest BCUT2D eigenvalue weighted by molar-refractivity contribution is 6.09. The molecule has 8 aromatic rings. The standard InChI is InChI=1S/C52H45F2N5O/c1-7-13-34-22-23-56-50(24-34)59-46-17-9-8-14-40(46)41-21-20-38(30-49(41)59)60-39-28-36(55-6)27-37(29-39)57-31-58(48-19-11-10-18-47(48)57)52-42(32(2)3)25-35(26-43(52)33(4)5)51-44(53)15-12-16-45(51)54/h8-12,14-30,32-33H,7,13,31H2,1-5H3. The Bertz CT molecular complexity index is 2930. The Labute approximate surface area is 349 Å². The summed E-state index contributed by atoms with van der Waals surface area (Å²) < 4.78 is 39.3. The van der Waals surface area contributed by atoms with Gasteiger partial charge in [-0.1, -0.05) is 77.4 Å². The van der Waals surface area contributed by atoms with Gasteiger partial charge in [0.25, 0.3) is 0 Å². The molecule has 0 fully saturated rings. The van der Waals surface area contributed by atoms with E-state index < -0.39 is 11.6 Å². The molecule has 0 N–H and O–H groups in total. The van der Waals surface area contributed by atoms with Crippen LogP contribution in [0.5, 0.6) is 11.5 Å². The summed E-state index contributed by atoms with van der Waals surface area (Å²) in [7, 11) is 0. The maximum Gasteiger partial charge on any atom is 0.192 e. The number of anilines is 4. The van der Waals surface area contributed by atoms with Crippen LogP contribution in [-0.2, 0) is 6.42 Å². The Balaban J connectivity index is 1.12. The van der Waals surface area contributed by atoms with Gasteiger partial charge in [-0.05, 0) is 119 Å². The molecule has 2 aromatic heterocycles. The van der Waals surface area contributed by atoms with Crippen LogP contribution in [0, 0.1) is 18.2 Å². The summed E-state index contributed by atoms with van der Waals surface area (Å²) in [4.78, 5) is 13.2. The van der Waals surface area contributed by atoms with Crippen LogP contribution in [0.4, 0.5) is 37.2 Å². The number of fused-ring (bicyclic) bond motifs is 4. The number of aryl methyl sites for hydroxylation is 1. The molecule has 0 bridgehead atoms. The SMILES string of the molecule is [C-]#[N+]c1cc(Oc2ccc3c4ccccc4n(-c4cc(CCC)ccn4)c3c2)cc(N2CN(c3c(C(C)C)cc(-c4c(F)cccc4F)cc3C(C)C)c3ccccc32)c1. The molecule has 0 saturated carbocycles. The molecule has 298 valence electrons. The first-order valence-corrected chi connectivity index (χ1v) is 20.6. The molecule has 0 spiro atoms. The van der Waals surface area contributed by atoms with Gasteiger partial charge in [0, 0.05) is 40.5 Å². The Morgan fingerprint density at radius 1 is 0.700 bits per heavy atom. The summed E-state index contributed by atoms with van der Waals surface area (Å²) in [6, 6.07) is 40.5. The van der Waals surface area contributed by atoms with E-state index in [4.69, 9.17) is 16.3 Å². The number of hydrogen-bond donors (Lipinski definition) is 0. The predicted octanol–water partition coefficient (Wildman–Crippen LogP) is 14.9. The zero-order valence-corrected chi connectivity index (χ0v) is 34.4. The van der Waals surface area contributed by atoms with Gasteiger partial charge < -0.3 is 14.5 Å². The van der Waals surface area contributed by atoms with Crippen molar-refractivity contribution >= 4 is 50.2 Å². The molecule has 0 amide bonds. The molecule has 0 unspecified atom stereocenters. The molecule has 0 radical (unpaired) electrons. The Hall–Kier alpha value is -6.98. The first kappa shape index (κ1) is 38.5. The summed E-state index contributed by atoms with van der Waals surface area (Å²) >= 11 is 0. The first-order valence-electron chi connectivity index (χ1n) is 20.6. The molecule has 1 aliphatic rings. The van der Waals surface area contributed by atoms with E-state index >= 15 is 8.78 Å². The maximum absolute atomic E-state index is 15.2. The average molecular weight is 794 g/mol. The molecule has 60 heavy (non-hydrogen) atoms. The molecule has 3 heterocycles. The summed E-state index contributed by atoms with van der Waals surface area (Å²) in [6.45, 7) is 19.2. The van der Waals surface area contributed by atoms with Gasteiger partial charge in [0.2, 0.25) is 0 Å². The quantitative estimate of drug-likeness (QED) is 0.129. The number of nitrogens with zero attached hydrogens (tertiary/aromatic N) is 5. The number of hydrogen-bond acceptors (Lipinski definition) is 4. The van der Waals surface area contributed by atoms with E-state index in [-0.39, 0.29) is 17.4 Å². The molecule has 9 rings (SSSR count). The van der Waals surface area contributed by atoms with Crippen LogP contribution >= 0.6 is 0 Å². The van der Waals surface area contributed by atoms with Crippen molar-refractivity contribution in [1.29, 1.82) is 0 Å². The Kier molecular flexibility index (Phi) is 10.1. The van der Waals surface area contributed by atoms with Crippen molar-refractivity contribution < 1.29 is 13.5 Å². The Morgan fingerprint density at radius 2 is 1.38 bits per heavy atom. The highest BCUT2D eigenvalue weighted by Gasteiger charge is 2.33. The zero-order chi connectivity index (χ0) is 41.7. The van der Waals surface area contributed by atoms with Crippen molar-refractivity contribution in [3.05, 3.63) is 173 Å². The fraction of sp³-hybridized carbons (Fsp3) is 0.192. The largest absolute Gasteiger partial charge is 0.459 e. The van der Waals surface area contributed by atoms with Gasteiger partial charge in [-0.2, -0.15) is 0 Å². The van der Waals surface area contributed by atoms with E-state index in [1.165, 1.54) is 23.8 Å². The topological polar surface area (TPSA) is 37.9 Å². The third kappa shape index (κ3) is 6.80. The van der Waals surface area contributed by atoms with Crippen molar-refractivity contribution in [2.75, 3.05) is 16.5 Å². The summed E-state index contributed by atoms with van der Waals surface area (Å²) in [5, 5.41) is 2.23. The molecule has 0 saturated heterocycles. The minimum absolute atomic E-state index is 0.0155. The lowest BCUT2D eigenvalue weighted by Gasteiger charge is -2.30. The Morgan fingerprint density at radius 3 is 2.08 bits per heavy atom. The normalized spacial score (nSPS) is 12.5. The van der Waals surface area contributed by atoms with E-state index in [1.807, 2.05) is 48.7 Å². The zero-order valence-electron chi connectivity index (χ0n) is 34.4. The van der Waals surface area contributed by atoms with Crippen LogP contribution in [-0.4, -0.2) is 16.2 Å². The van der Waals surface area contributed by atoms with Crippen LogP contribution in [0.2, 0.25) is 0 Å². The van der Waals surface area contributed by atoms with Crippen molar-refractivity contribution in [2.45, 2.75) is 59.3 Å². The molecular weight excluding hydrogens is 749 g/mol. The van der Waals surface area contributed by atoms with Gasteiger partial charge in [0.1, 0.15) is 35.6 Å². The van der Waals surface area contributed by atoms with Gasteiger partial charge >= 0.3 is 0 Å². The number of benzene rings is 6. The number of aromatic nitrogens is 2. The second-order valence-electron chi connectivity index (χ2n) is 16.1. The van der Waals surface area contributed by atoms with Crippen molar-refractivity contribution in [3.8, 4) is 28.4 Å². The van der Waals surface area contributed by atoms with Gasteiger partial charge in [-0.25, -0.2) is 18.6 Å². The van der Waals surface area contributed by atoms with Gasteiger partial charge in [-0.3, -0.25) is 4.57 Å². The maximum atomic E-state index is 15.2. The summed E-state index contributed by atoms with van der Waals surface area (Å²) in [5.74, 6) is 0.966. The van der Waals surface area contributed by atoms with Crippen LogP contribution in [0.15, 0.2) is 134 Å². The van der Waals surface area contributed by atoms with Gasteiger partial charge in [-0.15, -0.1) is 0 Å². The highest BCUT2D eigenvalue weighted by Crippen LogP contribution is 2.50. The van der Waals surface area contributed by atoms with Crippen LogP contribution in [0.3, 0.4) is 0 Å². The third-order valence-corrected chi connectivity index (χ3v) is 11.5. The first-order chi connectivity index (χ1) is 29.1. The minimum atomic E-state index is -0.584. The number of para-hydroxylation sites is 3. The predicted molar refractivity (Wildman–Crippen MR) is 241 cm³/mol. The summed E-state index contributed by atoms with van der Waals surface area (Å²) in [6.07, 6.45) is 3.90. The molecule has 0 aliphatic carbocycles. The summed E-state index contributed by atoms with van der Waals surface area (Å²) in [5.41, 5.74) is 10.0. The molecule has 6 nitrogen and oxygen atoms in total. The second-order valence-corrected chi connectivity index (χ2v) is 16.1. The fourth-order valence-electron chi connectivity index (χ4n) is 8.69. The number of ether oxygens (including phenoxy) is 1. The van der Waals surface area contributed by atoms with E-state index in [0.29, 0.717) is 29.4 Å². The minimum Gasteiger partial charge on any atom is -0.459 e. The van der Waals surface area contributed by atoms with Crippen molar-refractivity contribution in [3.63, 3.8) is 0 Å². The van der Waals surface area contributed by atoms with E-state index in [2.05, 4.69) is 114 Å². The van der Waals surface area contributed by atoms with Crippen LogP contribution in [0.1, 0.15) is 69.6 Å². The monoisotopic (exact) mass is 793 g/mol. The molecule has 1 aliphatic heterocycles. The average Bonchev–Trinajstić information content (AvgIpc) is 3.79. The van der Waals surface area contributed by atoms with E-state index in [9.17, 15) is 0 Å². The smallest absolute Gasteiger partial charge is 0.192 e. The number of halogens is 2. The van der Waals surface area contributed by atoms with E-state index in [0.717, 1.165) is 74.3 Å². The second kappa shape index (κ2) is 15.6. The van der Waals surface area contributed by atoms with Gasteiger partial charge in [0.05, 0.1) is 34.5 Å². The number of pyridine rings is 1. The highest BCUT2D eigenvalue weighted by atomic mass is 19.1. The molecule has 0 atom stereocenters. The van der Waals surface area contributed by atoms with Crippen LogP contribution in [0.25, 0.3) is 43.6 Å². The number of rotatable bonds is 10. The van der Waals surface area contributed by atoms with Crippen LogP contribution < -0.4 is 14.5 Å². The lowest BCUT2D eigenvalue weighted by Crippen LogP contribution is -2.26.